The van der Waals surface area contributed by atoms with Gasteiger partial charge >= 0.3 is 5.97 Å². The van der Waals surface area contributed by atoms with Crippen LogP contribution >= 0.6 is 23.4 Å². The van der Waals surface area contributed by atoms with Crippen LogP contribution in [0, 0.1) is 5.92 Å². The molecule has 30 heavy (non-hydrogen) atoms. The van der Waals surface area contributed by atoms with Crippen molar-refractivity contribution in [2.75, 3.05) is 5.75 Å². The Bertz CT molecular complexity index is 743. The molecule has 1 unspecified atom stereocenters. The van der Waals surface area contributed by atoms with Crippen LogP contribution in [0.2, 0.25) is 0 Å². The van der Waals surface area contributed by atoms with Crippen LogP contribution in [0.1, 0.15) is 65.7 Å². The SMILES string of the molecule is CCCCCCCCSc1ccc(-c2ccc(OC(=O)[C@@H](Cl)C(C)CC)cc2)cc1. The first-order chi connectivity index (χ1) is 14.5. The van der Waals surface area contributed by atoms with E-state index in [-0.39, 0.29) is 11.9 Å². The van der Waals surface area contributed by atoms with Gasteiger partial charge in [0.1, 0.15) is 11.1 Å². The first kappa shape index (κ1) is 24.8. The van der Waals surface area contributed by atoms with Crippen molar-refractivity contribution in [1.82, 2.24) is 0 Å². The second-order valence-corrected chi connectivity index (χ2v) is 9.51. The molecule has 4 heteroatoms. The lowest BCUT2D eigenvalue weighted by Crippen LogP contribution is -2.26. The lowest BCUT2D eigenvalue weighted by Gasteiger charge is -2.15. The van der Waals surface area contributed by atoms with E-state index in [0.29, 0.717) is 5.75 Å². The van der Waals surface area contributed by atoms with Crippen molar-refractivity contribution in [1.29, 1.82) is 0 Å². The van der Waals surface area contributed by atoms with Crippen LogP contribution in [-0.2, 0) is 4.79 Å². The minimum absolute atomic E-state index is 0.0934. The Balaban J connectivity index is 1.81. The highest BCUT2D eigenvalue weighted by atomic mass is 35.5. The summed E-state index contributed by atoms with van der Waals surface area (Å²) in [5.41, 5.74) is 2.26. The Kier molecular flexibility index (Phi) is 11.4. The molecule has 2 aromatic carbocycles. The van der Waals surface area contributed by atoms with Crippen molar-refractivity contribution >= 4 is 29.3 Å². The predicted octanol–water partition coefficient (Wildman–Crippen LogP) is 8.37. The zero-order chi connectivity index (χ0) is 21.8. The van der Waals surface area contributed by atoms with E-state index in [9.17, 15) is 4.79 Å². The van der Waals surface area contributed by atoms with Crippen molar-refractivity contribution in [3.63, 3.8) is 0 Å². The molecule has 164 valence electrons. The third-order valence-corrected chi connectivity index (χ3v) is 7.10. The molecule has 0 amide bonds. The number of halogens is 1. The number of ether oxygens (including phenoxy) is 1. The maximum absolute atomic E-state index is 12.1. The van der Waals surface area contributed by atoms with E-state index in [1.807, 2.05) is 49.9 Å². The van der Waals surface area contributed by atoms with Crippen molar-refractivity contribution in [2.24, 2.45) is 5.92 Å². The number of rotatable bonds is 13. The zero-order valence-corrected chi connectivity index (χ0v) is 20.1. The van der Waals surface area contributed by atoms with Crippen molar-refractivity contribution in [2.45, 2.75) is 76.0 Å². The molecule has 0 spiro atoms. The van der Waals surface area contributed by atoms with Gasteiger partial charge in [-0.15, -0.1) is 23.4 Å². The summed E-state index contributed by atoms with van der Waals surface area (Å²) in [6, 6.07) is 16.3. The van der Waals surface area contributed by atoms with Crippen LogP contribution in [0.3, 0.4) is 0 Å². The zero-order valence-electron chi connectivity index (χ0n) is 18.5. The fourth-order valence-electron chi connectivity index (χ4n) is 3.14. The maximum atomic E-state index is 12.1. The molecule has 2 atom stereocenters. The summed E-state index contributed by atoms with van der Waals surface area (Å²) in [4.78, 5) is 13.4. The number of carbonyl (C=O) groups is 1. The average Bonchev–Trinajstić information content (AvgIpc) is 2.78. The molecule has 0 saturated carbocycles. The van der Waals surface area contributed by atoms with Gasteiger partial charge in [0, 0.05) is 4.90 Å². The van der Waals surface area contributed by atoms with Crippen LogP contribution in [0.4, 0.5) is 0 Å². The molecule has 0 aromatic heterocycles. The molecule has 0 aliphatic heterocycles. The third-order valence-electron chi connectivity index (χ3n) is 5.40. The van der Waals surface area contributed by atoms with Gasteiger partial charge in [-0.05, 0) is 53.5 Å². The highest BCUT2D eigenvalue weighted by Crippen LogP contribution is 2.27. The largest absolute Gasteiger partial charge is 0.425 e. The summed E-state index contributed by atoms with van der Waals surface area (Å²) in [5.74, 6) is 1.43. The van der Waals surface area contributed by atoms with E-state index < -0.39 is 5.38 Å². The third kappa shape index (κ3) is 8.35. The van der Waals surface area contributed by atoms with Gasteiger partial charge < -0.3 is 4.74 Å². The summed E-state index contributed by atoms with van der Waals surface area (Å²) >= 11 is 8.11. The predicted molar refractivity (Wildman–Crippen MR) is 131 cm³/mol. The molecule has 0 heterocycles. The van der Waals surface area contributed by atoms with Crippen LogP contribution in [-0.4, -0.2) is 17.1 Å². The summed E-state index contributed by atoms with van der Waals surface area (Å²) < 4.78 is 5.42. The van der Waals surface area contributed by atoms with Gasteiger partial charge in [-0.3, -0.25) is 4.79 Å². The van der Waals surface area contributed by atoms with Gasteiger partial charge in [0.05, 0.1) is 0 Å². The van der Waals surface area contributed by atoms with E-state index in [4.69, 9.17) is 16.3 Å². The Morgan fingerprint density at radius 3 is 2.07 bits per heavy atom. The topological polar surface area (TPSA) is 26.3 Å². The standard InChI is InChI=1S/C26H35ClO2S/c1-4-6-7-8-9-10-19-30-24-17-13-22(14-18-24)21-11-15-23(16-12-21)29-26(28)25(27)20(3)5-2/h11-18,20,25H,4-10,19H2,1-3H3/t20?,25-/m0/s1. The number of alkyl halides is 1. The first-order valence-corrected chi connectivity index (χ1v) is 12.7. The van der Waals surface area contributed by atoms with Gasteiger partial charge in [0.2, 0.25) is 0 Å². The average molecular weight is 447 g/mol. The maximum Gasteiger partial charge on any atom is 0.329 e. The number of hydrogen-bond acceptors (Lipinski definition) is 3. The van der Waals surface area contributed by atoms with E-state index in [0.717, 1.165) is 17.5 Å². The van der Waals surface area contributed by atoms with Gasteiger partial charge in [0.25, 0.3) is 0 Å². The van der Waals surface area contributed by atoms with Crippen LogP contribution in [0.15, 0.2) is 53.4 Å². The monoisotopic (exact) mass is 446 g/mol. The Hall–Kier alpha value is -1.45. The molecule has 0 saturated heterocycles. The fraction of sp³-hybridized carbons (Fsp3) is 0.500. The molecule has 0 aliphatic carbocycles. The van der Waals surface area contributed by atoms with Crippen LogP contribution in [0.5, 0.6) is 5.75 Å². The highest BCUT2D eigenvalue weighted by molar-refractivity contribution is 7.99. The number of hydrogen-bond donors (Lipinski definition) is 0. The highest BCUT2D eigenvalue weighted by Gasteiger charge is 2.23. The summed E-state index contributed by atoms with van der Waals surface area (Å²) in [6.45, 7) is 6.23. The van der Waals surface area contributed by atoms with Gasteiger partial charge in [0.15, 0.2) is 0 Å². The first-order valence-electron chi connectivity index (χ1n) is 11.2. The van der Waals surface area contributed by atoms with E-state index in [1.54, 1.807) is 0 Å². The minimum atomic E-state index is -0.615. The lowest BCUT2D eigenvalue weighted by atomic mass is 10.0. The second-order valence-electron chi connectivity index (χ2n) is 7.87. The molecular weight excluding hydrogens is 412 g/mol. The van der Waals surface area contributed by atoms with Crippen LogP contribution < -0.4 is 4.74 Å². The molecule has 0 fully saturated rings. The Morgan fingerprint density at radius 1 is 0.900 bits per heavy atom. The van der Waals surface area contributed by atoms with Gasteiger partial charge in [-0.1, -0.05) is 83.6 Å². The van der Waals surface area contributed by atoms with E-state index in [2.05, 4.69) is 31.2 Å². The molecule has 2 rings (SSSR count). The molecular formula is C26H35ClO2S. The number of esters is 1. The van der Waals surface area contributed by atoms with Crippen molar-refractivity contribution < 1.29 is 9.53 Å². The fourth-order valence-corrected chi connectivity index (χ4v) is 4.28. The molecule has 0 aliphatic rings. The summed E-state index contributed by atoms with van der Waals surface area (Å²) in [7, 11) is 0. The normalized spacial score (nSPS) is 13.1. The second kappa shape index (κ2) is 13.8. The number of carbonyl (C=O) groups excluding carboxylic acids is 1. The number of thioether (sulfide) groups is 1. The summed E-state index contributed by atoms with van der Waals surface area (Å²) in [6.07, 6.45) is 8.88. The quantitative estimate of drug-likeness (QED) is 0.102. The Morgan fingerprint density at radius 2 is 1.47 bits per heavy atom. The van der Waals surface area contributed by atoms with Gasteiger partial charge in [-0.25, -0.2) is 0 Å². The summed E-state index contributed by atoms with van der Waals surface area (Å²) in [5, 5.41) is -0.615. The molecule has 2 nitrogen and oxygen atoms in total. The smallest absolute Gasteiger partial charge is 0.329 e. The number of benzene rings is 2. The minimum Gasteiger partial charge on any atom is -0.425 e. The Labute approximate surface area is 191 Å². The van der Waals surface area contributed by atoms with E-state index in [1.165, 1.54) is 49.2 Å². The lowest BCUT2D eigenvalue weighted by molar-refractivity contribution is -0.134. The molecule has 0 radical (unpaired) electrons. The molecule has 0 N–H and O–H groups in total. The molecule has 0 bridgehead atoms. The van der Waals surface area contributed by atoms with Crippen molar-refractivity contribution in [3.8, 4) is 16.9 Å². The van der Waals surface area contributed by atoms with Crippen LogP contribution in [0.25, 0.3) is 11.1 Å². The number of unbranched alkanes of at least 4 members (excludes halogenated alkanes) is 5. The molecule has 2 aromatic rings. The van der Waals surface area contributed by atoms with Crippen molar-refractivity contribution in [3.05, 3.63) is 48.5 Å². The van der Waals surface area contributed by atoms with E-state index >= 15 is 0 Å². The van der Waals surface area contributed by atoms with Gasteiger partial charge in [-0.2, -0.15) is 0 Å².